The molecule has 1 rings (SSSR count). The predicted molar refractivity (Wildman–Crippen MR) is 79.8 cm³/mol. The van der Waals surface area contributed by atoms with Crippen molar-refractivity contribution in [1.82, 2.24) is 4.72 Å². The molecule has 0 saturated heterocycles. The van der Waals surface area contributed by atoms with Gasteiger partial charge in [0.15, 0.2) is 0 Å². The summed E-state index contributed by atoms with van der Waals surface area (Å²) in [6.45, 7) is 6.61. The lowest BCUT2D eigenvalue weighted by Gasteiger charge is -2.22. The smallest absolute Gasteiger partial charge is 0.324 e. The fraction of sp³-hybridized carbons (Fsp3) is 0.462. The lowest BCUT2D eigenvalue weighted by molar-refractivity contribution is -0.156. The number of rotatable bonds is 4. The van der Waals surface area contributed by atoms with Gasteiger partial charge < -0.3 is 4.74 Å². The molecule has 1 aromatic carbocycles. The third kappa shape index (κ3) is 4.88. The van der Waals surface area contributed by atoms with Crippen molar-refractivity contribution in [2.24, 2.45) is 0 Å². The van der Waals surface area contributed by atoms with Crippen molar-refractivity contribution < 1.29 is 17.9 Å². The van der Waals surface area contributed by atoms with Crippen LogP contribution in [0.25, 0.3) is 0 Å². The number of esters is 1. The molecule has 0 unspecified atom stereocenters. The highest BCUT2D eigenvalue weighted by Gasteiger charge is 2.27. The van der Waals surface area contributed by atoms with Gasteiger partial charge in [-0.3, -0.25) is 4.79 Å². The summed E-state index contributed by atoms with van der Waals surface area (Å²) in [4.78, 5) is 11.9. The highest BCUT2D eigenvalue weighted by atomic mass is 79.9. The van der Waals surface area contributed by atoms with E-state index in [9.17, 15) is 13.2 Å². The lowest BCUT2D eigenvalue weighted by Crippen LogP contribution is -2.42. The zero-order valence-corrected chi connectivity index (χ0v) is 14.2. The Balaban J connectivity index is 2.87. The lowest BCUT2D eigenvalue weighted by atomic mass is 10.2. The third-order valence-corrected chi connectivity index (χ3v) is 4.77. The minimum atomic E-state index is -3.79. The largest absolute Gasteiger partial charge is 0.459 e. The Labute approximate surface area is 127 Å². The molecule has 0 aliphatic rings. The van der Waals surface area contributed by atoms with E-state index < -0.39 is 27.6 Å². The number of hydrogen-bond acceptors (Lipinski definition) is 4. The molecule has 0 heterocycles. The molecule has 0 radical (unpaired) electrons. The van der Waals surface area contributed by atoms with Gasteiger partial charge >= 0.3 is 5.97 Å². The minimum absolute atomic E-state index is 0.0791. The van der Waals surface area contributed by atoms with Gasteiger partial charge in [-0.25, -0.2) is 8.42 Å². The van der Waals surface area contributed by atoms with Crippen LogP contribution in [0.5, 0.6) is 0 Å². The van der Waals surface area contributed by atoms with Crippen LogP contribution >= 0.6 is 15.9 Å². The number of sulfonamides is 1. The molecular weight excluding hydrogens is 346 g/mol. The molecule has 0 bridgehead atoms. The average molecular weight is 364 g/mol. The second kappa shape index (κ2) is 6.24. The topological polar surface area (TPSA) is 72.5 Å². The molecule has 5 nitrogen and oxygen atoms in total. The minimum Gasteiger partial charge on any atom is -0.459 e. The van der Waals surface area contributed by atoms with Crippen molar-refractivity contribution in [2.45, 2.75) is 44.2 Å². The summed E-state index contributed by atoms with van der Waals surface area (Å²) >= 11 is 3.17. The van der Waals surface area contributed by atoms with E-state index >= 15 is 0 Å². The van der Waals surface area contributed by atoms with Crippen LogP contribution in [-0.4, -0.2) is 26.0 Å². The molecule has 20 heavy (non-hydrogen) atoms. The molecule has 1 atom stereocenters. The van der Waals surface area contributed by atoms with E-state index in [1.54, 1.807) is 39.0 Å². The number of carbonyl (C=O) groups excluding carboxylic acids is 1. The molecule has 0 spiro atoms. The molecule has 0 saturated carbocycles. The van der Waals surface area contributed by atoms with Gasteiger partial charge in [-0.05, 0) is 55.8 Å². The van der Waals surface area contributed by atoms with Gasteiger partial charge in [-0.15, -0.1) is 0 Å². The molecule has 7 heteroatoms. The van der Waals surface area contributed by atoms with E-state index in [0.717, 1.165) is 0 Å². The maximum atomic E-state index is 12.2. The standard InChI is InChI=1S/C13H18BrNO4S/c1-9(12(16)19-13(2,3)4)15-20(17,18)11-8-6-5-7-10(11)14/h5-9,15H,1-4H3/t9-/m1/s1. The molecule has 0 aliphatic carbocycles. The van der Waals surface area contributed by atoms with Crippen LogP contribution in [0.2, 0.25) is 0 Å². The molecule has 1 N–H and O–H groups in total. The summed E-state index contributed by atoms with van der Waals surface area (Å²) in [5, 5.41) is 0. The monoisotopic (exact) mass is 363 g/mol. The Morgan fingerprint density at radius 2 is 1.85 bits per heavy atom. The summed E-state index contributed by atoms with van der Waals surface area (Å²) < 4.78 is 32.2. The summed E-state index contributed by atoms with van der Waals surface area (Å²) in [7, 11) is -3.79. The second-order valence-corrected chi connectivity index (χ2v) is 7.84. The van der Waals surface area contributed by atoms with Crippen LogP contribution in [0, 0.1) is 0 Å². The molecule has 0 aromatic heterocycles. The van der Waals surface area contributed by atoms with E-state index in [4.69, 9.17) is 4.74 Å². The first-order valence-electron chi connectivity index (χ1n) is 6.02. The average Bonchev–Trinajstić information content (AvgIpc) is 2.26. The van der Waals surface area contributed by atoms with Crippen LogP contribution in [0.1, 0.15) is 27.7 Å². The van der Waals surface area contributed by atoms with Crippen molar-refractivity contribution in [3.63, 3.8) is 0 Å². The number of halogens is 1. The van der Waals surface area contributed by atoms with E-state index in [1.165, 1.54) is 13.0 Å². The van der Waals surface area contributed by atoms with Crippen molar-refractivity contribution >= 4 is 31.9 Å². The Hall–Kier alpha value is -0.920. The fourth-order valence-electron chi connectivity index (χ4n) is 1.40. The SMILES string of the molecule is C[C@@H](NS(=O)(=O)c1ccccc1Br)C(=O)OC(C)(C)C. The van der Waals surface area contributed by atoms with E-state index in [2.05, 4.69) is 20.7 Å². The van der Waals surface area contributed by atoms with Crippen LogP contribution in [0.15, 0.2) is 33.6 Å². The summed E-state index contributed by atoms with van der Waals surface area (Å²) in [6, 6.07) is 5.42. The molecule has 112 valence electrons. The summed E-state index contributed by atoms with van der Waals surface area (Å²) in [5.74, 6) is -0.617. The molecule has 0 amide bonds. The normalized spacial score (nSPS) is 13.8. The molecule has 0 aliphatic heterocycles. The Kier molecular flexibility index (Phi) is 5.34. The molecular formula is C13H18BrNO4S. The number of ether oxygens (including phenoxy) is 1. The van der Waals surface area contributed by atoms with E-state index in [1.807, 2.05) is 0 Å². The van der Waals surface area contributed by atoms with Gasteiger partial charge in [0, 0.05) is 4.47 Å². The first kappa shape index (κ1) is 17.1. The maximum Gasteiger partial charge on any atom is 0.324 e. The van der Waals surface area contributed by atoms with Gasteiger partial charge in [0.1, 0.15) is 11.6 Å². The number of nitrogens with one attached hydrogen (secondary N) is 1. The third-order valence-electron chi connectivity index (χ3n) is 2.22. The molecule has 1 aromatic rings. The zero-order valence-electron chi connectivity index (χ0n) is 11.8. The number of hydrogen-bond donors (Lipinski definition) is 1. The van der Waals surface area contributed by atoms with E-state index in [-0.39, 0.29) is 4.90 Å². The van der Waals surface area contributed by atoms with Crippen LogP contribution < -0.4 is 4.72 Å². The molecule has 0 fully saturated rings. The Bertz CT molecular complexity index is 593. The van der Waals surface area contributed by atoms with Crippen molar-refractivity contribution in [2.75, 3.05) is 0 Å². The van der Waals surface area contributed by atoms with Gasteiger partial charge in [0.25, 0.3) is 0 Å². The maximum absolute atomic E-state index is 12.2. The van der Waals surface area contributed by atoms with E-state index in [0.29, 0.717) is 4.47 Å². The number of carbonyl (C=O) groups is 1. The Morgan fingerprint density at radius 3 is 2.35 bits per heavy atom. The first-order valence-corrected chi connectivity index (χ1v) is 8.30. The predicted octanol–water partition coefficient (Wildman–Crippen LogP) is 2.46. The highest BCUT2D eigenvalue weighted by Crippen LogP contribution is 2.21. The van der Waals surface area contributed by atoms with Crippen LogP contribution in [0.4, 0.5) is 0 Å². The van der Waals surface area contributed by atoms with Crippen molar-refractivity contribution in [3.8, 4) is 0 Å². The quantitative estimate of drug-likeness (QED) is 0.833. The van der Waals surface area contributed by atoms with Gasteiger partial charge in [-0.2, -0.15) is 4.72 Å². The zero-order chi connectivity index (χ0) is 15.6. The first-order chi connectivity index (χ1) is 9.03. The van der Waals surface area contributed by atoms with Crippen LogP contribution in [0.3, 0.4) is 0 Å². The number of benzene rings is 1. The van der Waals surface area contributed by atoms with Gasteiger partial charge in [-0.1, -0.05) is 12.1 Å². The van der Waals surface area contributed by atoms with Crippen molar-refractivity contribution in [1.29, 1.82) is 0 Å². The fourth-order valence-corrected chi connectivity index (χ4v) is 3.59. The van der Waals surface area contributed by atoms with Crippen molar-refractivity contribution in [3.05, 3.63) is 28.7 Å². The highest BCUT2D eigenvalue weighted by molar-refractivity contribution is 9.10. The Morgan fingerprint density at radius 1 is 1.30 bits per heavy atom. The summed E-state index contributed by atoms with van der Waals surface area (Å²) in [6.07, 6.45) is 0. The second-order valence-electron chi connectivity index (χ2n) is 5.31. The summed E-state index contributed by atoms with van der Waals surface area (Å²) in [5.41, 5.74) is -0.663. The van der Waals surface area contributed by atoms with Gasteiger partial charge in [0.2, 0.25) is 10.0 Å². The van der Waals surface area contributed by atoms with Gasteiger partial charge in [0.05, 0.1) is 4.90 Å². The van der Waals surface area contributed by atoms with Crippen LogP contribution in [-0.2, 0) is 19.6 Å².